The zero-order valence-electron chi connectivity index (χ0n) is 18.2. The Labute approximate surface area is 201 Å². The Hall–Kier alpha value is -0.740. The van der Waals surface area contributed by atoms with Crippen LogP contribution in [0, 0.1) is 11.7 Å². The lowest BCUT2D eigenvalue weighted by molar-refractivity contribution is 0.0794. The SMILES string of the molecule is CCNC(=NCC1(SC)CCOCC1)NC(C)c1ccc(OCC2CC2)c(F)c1.I. The molecule has 170 valence electrons. The summed E-state index contributed by atoms with van der Waals surface area (Å²) >= 11 is 1.88. The Bertz CT molecular complexity index is 697. The van der Waals surface area contributed by atoms with Crippen LogP contribution in [0.15, 0.2) is 23.2 Å². The molecule has 1 aromatic carbocycles. The van der Waals surface area contributed by atoms with Gasteiger partial charge in [-0.2, -0.15) is 11.8 Å². The van der Waals surface area contributed by atoms with Crippen molar-refractivity contribution in [2.24, 2.45) is 10.9 Å². The zero-order chi connectivity index (χ0) is 20.7. The lowest BCUT2D eigenvalue weighted by Crippen LogP contribution is -2.41. The second-order valence-electron chi connectivity index (χ2n) is 8.00. The monoisotopic (exact) mass is 551 g/mol. The molecule has 3 rings (SSSR count). The molecule has 30 heavy (non-hydrogen) atoms. The van der Waals surface area contributed by atoms with Crippen LogP contribution in [0.3, 0.4) is 0 Å². The lowest BCUT2D eigenvalue weighted by atomic mass is 9.99. The number of thioether (sulfide) groups is 1. The van der Waals surface area contributed by atoms with Crippen molar-refractivity contribution in [3.05, 3.63) is 29.6 Å². The highest BCUT2D eigenvalue weighted by molar-refractivity contribution is 14.0. The first-order valence-electron chi connectivity index (χ1n) is 10.7. The van der Waals surface area contributed by atoms with Gasteiger partial charge in [-0.1, -0.05) is 6.07 Å². The summed E-state index contributed by atoms with van der Waals surface area (Å²) in [4.78, 5) is 4.84. The molecule has 1 aromatic rings. The minimum absolute atomic E-state index is 0. The number of nitrogens with one attached hydrogen (secondary N) is 2. The fourth-order valence-corrected chi connectivity index (χ4v) is 4.17. The average Bonchev–Trinajstić information content (AvgIpc) is 3.56. The molecular formula is C22H35FIN3O2S. The van der Waals surface area contributed by atoms with Gasteiger partial charge in [0, 0.05) is 24.5 Å². The molecule has 2 fully saturated rings. The van der Waals surface area contributed by atoms with Crippen LogP contribution in [0.25, 0.3) is 0 Å². The normalized spacial score (nSPS) is 19.5. The molecule has 1 heterocycles. The summed E-state index contributed by atoms with van der Waals surface area (Å²) in [7, 11) is 0. The summed E-state index contributed by atoms with van der Waals surface area (Å²) < 4.78 is 25.7. The fourth-order valence-electron chi connectivity index (χ4n) is 3.40. The molecule has 5 nitrogen and oxygen atoms in total. The molecule has 0 amide bonds. The van der Waals surface area contributed by atoms with Crippen LogP contribution in [0.1, 0.15) is 51.1 Å². The number of nitrogens with zero attached hydrogens (tertiary/aromatic N) is 1. The third-order valence-corrected chi connectivity index (χ3v) is 7.09. The topological polar surface area (TPSA) is 54.9 Å². The Morgan fingerprint density at radius 2 is 2.10 bits per heavy atom. The fraction of sp³-hybridized carbons (Fsp3) is 0.682. The summed E-state index contributed by atoms with van der Waals surface area (Å²) in [6.07, 6.45) is 6.57. The first-order chi connectivity index (χ1) is 14.0. The lowest BCUT2D eigenvalue weighted by Gasteiger charge is -2.34. The van der Waals surface area contributed by atoms with Crippen molar-refractivity contribution in [1.82, 2.24) is 10.6 Å². The highest BCUT2D eigenvalue weighted by Crippen LogP contribution is 2.34. The minimum Gasteiger partial charge on any atom is -0.490 e. The van der Waals surface area contributed by atoms with E-state index >= 15 is 0 Å². The Morgan fingerprint density at radius 1 is 1.37 bits per heavy atom. The number of benzene rings is 1. The van der Waals surface area contributed by atoms with E-state index in [1.54, 1.807) is 12.1 Å². The van der Waals surface area contributed by atoms with Crippen LogP contribution in [0.5, 0.6) is 5.75 Å². The predicted molar refractivity (Wildman–Crippen MR) is 134 cm³/mol. The van der Waals surface area contributed by atoms with E-state index in [-0.39, 0.29) is 40.6 Å². The van der Waals surface area contributed by atoms with Crippen LogP contribution in [-0.2, 0) is 4.74 Å². The van der Waals surface area contributed by atoms with Gasteiger partial charge in [0.15, 0.2) is 17.5 Å². The van der Waals surface area contributed by atoms with Gasteiger partial charge in [0.25, 0.3) is 0 Å². The molecule has 1 aliphatic heterocycles. The largest absolute Gasteiger partial charge is 0.490 e. The number of rotatable bonds is 9. The van der Waals surface area contributed by atoms with Gasteiger partial charge in [-0.05, 0) is 69.4 Å². The van der Waals surface area contributed by atoms with Gasteiger partial charge in [-0.15, -0.1) is 24.0 Å². The maximum atomic E-state index is 14.4. The van der Waals surface area contributed by atoms with E-state index in [1.807, 2.05) is 31.7 Å². The molecule has 1 atom stereocenters. The molecule has 2 N–H and O–H groups in total. The molecule has 8 heteroatoms. The van der Waals surface area contributed by atoms with E-state index in [0.717, 1.165) is 50.7 Å². The van der Waals surface area contributed by atoms with Crippen molar-refractivity contribution in [2.75, 3.05) is 39.2 Å². The highest BCUT2D eigenvalue weighted by atomic mass is 127. The Balaban J connectivity index is 0.00000320. The van der Waals surface area contributed by atoms with Crippen LogP contribution in [0.2, 0.25) is 0 Å². The van der Waals surface area contributed by atoms with Gasteiger partial charge in [0.05, 0.1) is 19.2 Å². The summed E-state index contributed by atoms with van der Waals surface area (Å²) in [5, 5.41) is 6.72. The van der Waals surface area contributed by atoms with Crippen LogP contribution in [0.4, 0.5) is 4.39 Å². The first kappa shape index (κ1) is 25.5. The number of hydrogen-bond acceptors (Lipinski definition) is 4. The van der Waals surface area contributed by atoms with Crippen LogP contribution < -0.4 is 15.4 Å². The van der Waals surface area contributed by atoms with E-state index in [9.17, 15) is 4.39 Å². The molecule has 0 bridgehead atoms. The molecule has 0 spiro atoms. The van der Waals surface area contributed by atoms with Crippen LogP contribution in [-0.4, -0.2) is 49.9 Å². The van der Waals surface area contributed by atoms with E-state index < -0.39 is 0 Å². The van der Waals surface area contributed by atoms with Crippen molar-refractivity contribution < 1.29 is 13.9 Å². The Kier molecular flexibility index (Phi) is 10.5. The first-order valence-corrected chi connectivity index (χ1v) is 11.9. The van der Waals surface area contributed by atoms with Gasteiger partial charge in [0.1, 0.15) is 0 Å². The molecule has 1 saturated heterocycles. The van der Waals surface area contributed by atoms with Crippen molar-refractivity contribution in [3.8, 4) is 5.75 Å². The van der Waals surface area contributed by atoms with Gasteiger partial charge < -0.3 is 20.1 Å². The van der Waals surface area contributed by atoms with Crippen LogP contribution >= 0.6 is 35.7 Å². The third-order valence-electron chi connectivity index (χ3n) is 5.69. The predicted octanol–water partition coefficient (Wildman–Crippen LogP) is 4.76. The summed E-state index contributed by atoms with van der Waals surface area (Å²) in [5.74, 6) is 1.40. The molecular weight excluding hydrogens is 516 g/mol. The summed E-state index contributed by atoms with van der Waals surface area (Å²) in [6, 6.07) is 5.15. The second kappa shape index (κ2) is 12.3. The minimum atomic E-state index is -0.303. The van der Waals surface area contributed by atoms with Gasteiger partial charge in [0.2, 0.25) is 0 Å². The van der Waals surface area contributed by atoms with Crippen molar-refractivity contribution in [3.63, 3.8) is 0 Å². The number of hydrogen-bond donors (Lipinski definition) is 2. The smallest absolute Gasteiger partial charge is 0.191 e. The van der Waals surface area contributed by atoms with Crippen molar-refractivity contribution >= 4 is 41.7 Å². The number of ether oxygens (including phenoxy) is 2. The van der Waals surface area contributed by atoms with E-state index in [0.29, 0.717) is 18.3 Å². The maximum Gasteiger partial charge on any atom is 0.191 e. The van der Waals surface area contributed by atoms with Gasteiger partial charge in [-0.25, -0.2) is 4.39 Å². The van der Waals surface area contributed by atoms with E-state index in [1.165, 1.54) is 12.8 Å². The number of guanidine groups is 1. The van der Waals surface area contributed by atoms with Crippen molar-refractivity contribution in [2.45, 2.75) is 50.3 Å². The molecule has 1 unspecified atom stereocenters. The zero-order valence-corrected chi connectivity index (χ0v) is 21.4. The molecule has 2 aliphatic rings. The quantitative estimate of drug-likeness (QED) is 0.264. The number of aliphatic imine (C=N–C) groups is 1. The third kappa shape index (κ3) is 7.44. The highest BCUT2D eigenvalue weighted by Gasteiger charge is 2.31. The number of halogens is 2. The average molecular weight is 552 g/mol. The second-order valence-corrected chi connectivity index (χ2v) is 9.28. The standard InChI is InChI=1S/C22H34FN3O2S.HI/c1-4-24-21(25-15-22(29-3)9-11-27-12-10-22)26-16(2)18-7-8-20(19(23)13-18)28-14-17-5-6-17;/h7-8,13,16-17H,4-6,9-12,14-15H2,1-3H3,(H2,24,25,26);1H. The van der Waals surface area contributed by atoms with Gasteiger partial charge >= 0.3 is 0 Å². The van der Waals surface area contributed by atoms with Gasteiger partial charge in [-0.3, -0.25) is 4.99 Å². The summed E-state index contributed by atoms with van der Waals surface area (Å²) in [6.45, 7) is 7.79. The molecule has 1 saturated carbocycles. The van der Waals surface area contributed by atoms with E-state index in [4.69, 9.17) is 14.5 Å². The van der Waals surface area contributed by atoms with Crippen molar-refractivity contribution in [1.29, 1.82) is 0 Å². The van der Waals surface area contributed by atoms with E-state index in [2.05, 4.69) is 16.9 Å². The summed E-state index contributed by atoms with van der Waals surface area (Å²) in [5.41, 5.74) is 0.873. The Morgan fingerprint density at radius 3 is 2.70 bits per heavy atom. The molecule has 1 aliphatic carbocycles. The molecule has 0 aromatic heterocycles. The molecule has 0 radical (unpaired) electrons. The maximum absolute atomic E-state index is 14.4.